The monoisotopic (exact) mass is 396 g/mol. The van der Waals surface area contributed by atoms with Gasteiger partial charge >= 0.3 is 0 Å². The first kappa shape index (κ1) is 20.0. The molecule has 0 bridgehead atoms. The molecule has 4 aromatic rings. The van der Waals surface area contributed by atoms with E-state index in [0.717, 1.165) is 28.8 Å². The first-order valence-corrected chi connectivity index (χ1v) is 10.5. The number of rotatable bonds is 5. The molecule has 0 saturated carbocycles. The SMILES string of the molecule is CC(C)(C)c1ccc(CCC(=O)Nc2ccc(-c3ccc4cc[nH]c4c3)cc2)cc1. The van der Waals surface area contributed by atoms with Crippen molar-refractivity contribution in [3.63, 3.8) is 0 Å². The van der Waals surface area contributed by atoms with E-state index in [1.54, 1.807) is 0 Å². The molecule has 0 aliphatic rings. The highest BCUT2D eigenvalue weighted by atomic mass is 16.1. The number of nitrogens with one attached hydrogen (secondary N) is 2. The molecule has 1 heterocycles. The third-order valence-corrected chi connectivity index (χ3v) is 5.52. The summed E-state index contributed by atoms with van der Waals surface area (Å²) in [5, 5.41) is 4.21. The van der Waals surface area contributed by atoms with Gasteiger partial charge in [-0.1, -0.05) is 69.3 Å². The van der Waals surface area contributed by atoms with Gasteiger partial charge in [-0.2, -0.15) is 0 Å². The van der Waals surface area contributed by atoms with Gasteiger partial charge in [0.05, 0.1) is 0 Å². The van der Waals surface area contributed by atoms with Gasteiger partial charge < -0.3 is 10.3 Å². The van der Waals surface area contributed by atoms with Gasteiger partial charge in [0.15, 0.2) is 0 Å². The highest BCUT2D eigenvalue weighted by molar-refractivity contribution is 5.91. The zero-order valence-electron chi connectivity index (χ0n) is 17.8. The summed E-state index contributed by atoms with van der Waals surface area (Å²) in [6, 6.07) is 25.1. The number of carbonyl (C=O) groups is 1. The lowest BCUT2D eigenvalue weighted by atomic mass is 9.86. The molecule has 3 heteroatoms. The van der Waals surface area contributed by atoms with Crippen LogP contribution in [-0.4, -0.2) is 10.9 Å². The molecule has 152 valence electrons. The summed E-state index contributed by atoms with van der Waals surface area (Å²) in [5.41, 5.74) is 6.88. The van der Waals surface area contributed by atoms with Crippen LogP contribution in [0.1, 0.15) is 38.3 Å². The fourth-order valence-electron chi connectivity index (χ4n) is 3.63. The van der Waals surface area contributed by atoms with E-state index in [9.17, 15) is 4.79 Å². The number of fused-ring (bicyclic) bond motifs is 1. The standard InChI is InChI=1S/C27H28N2O/c1-27(2,3)23-11-4-19(5-12-23)6-15-26(30)29-24-13-9-20(10-14-24)22-8-7-21-16-17-28-25(21)18-22/h4-5,7-14,16-18,28H,6,15H2,1-3H3,(H,29,30). The predicted molar refractivity (Wildman–Crippen MR) is 126 cm³/mol. The van der Waals surface area contributed by atoms with Crippen LogP contribution in [-0.2, 0) is 16.6 Å². The second-order valence-corrected chi connectivity index (χ2v) is 8.85. The van der Waals surface area contributed by atoms with Crippen molar-refractivity contribution in [2.45, 2.75) is 39.0 Å². The highest BCUT2D eigenvalue weighted by Gasteiger charge is 2.13. The van der Waals surface area contributed by atoms with E-state index in [0.29, 0.717) is 6.42 Å². The summed E-state index contributed by atoms with van der Waals surface area (Å²) in [6.07, 6.45) is 3.16. The number of hydrogen-bond donors (Lipinski definition) is 2. The first-order valence-electron chi connectivity index (χ1n) is 10.5. The van der Waals surface area contributed by atoms with Gasteiger partial charge in [0.1, 0.15) is 0 Å². The average Bonchev–Trinajstić information content (AvgIpc) is 3.20. The number of carbonyl (C=O) groups excluding carboxylic acids is 1. The predicted octanol–water partition coefficient (Wildman–Crippen LogP) is 6.70. The minimum Gasteiger partial charge on any atom is -0.361 e. The van der Waals surface area contributed by atoms with Gasteiger partial charge in [-0.15, -0.1) is 0 Å². The Hall–Kier alpha value is -3.33. The number of amides is 1. The molecule has 1 amide bonds. The summed E-state index contributed by atoms with van der Waals surface area (Å²) >= 11 is 0. The summed E-state index contributed by atoms with van der Waals surface area (Å²) < 4.78 is 0. The van der Waals surface area contributed by atoms with Crippen LogP contribution in [0, 0.1) is 0 Å². The number of hydrogen-bond acceptors (Lipinski definition) is 1. The summed E-state index contributed by atoms with van der Waals surface area (Å²) in [4.78, 5) is 15.6. The topological polar surface area (TPSA) is 44.9 Å². The van der Waals surface area contributed by atoms with Crippen molar-refractivity contribution >= 4 is 22.5 Å². The number of aromatic nitrogens is 1. The maximum absolute atomic E-state index is 12.4. The lowest BCUT2D eigenvalue weighted by Gasteiger charge is -2.19. The third kappa shape index (κ3) is 4.62. The van der Waals surface area contributed by atoms with Crippen molar-refractivity contribution in [3.05, 3.63) is 90.1 Å². The Bertz CT molecular complexity index is 1150. The van der Waals surface area contributed by atoms with E-state index in [4.69, 9.17) is 0 Å². The van der Waals surface area contributed by atoms with E-state index in [1.807, 2.05) is 30.5 Å². The molecular weight excluding hydrogens is 368 g/mol. The summed E-state index contributed by atoms with van der Waals surface area (Å²) in [5.74, 6) is 0.0375. The van der Waals surface area contributed by atoms with E-state index in [1.165, 1.54) is 16.5 Å². The number of aryl methyl sites for hydroxylation is 1. The molecule has 0 aliphatic carbocycles. The van der Waals surface area contributed by atoms with Crippen LogP contribution in [0.15, 0.2) is 79.0 Å². The smallest absolute Gasteiger partial charge is 0.224 e. The first-order chi connectivity index (χ1) is 14.4. The molecule has 1 aromatic heterocycles. The number of aromatic amines is 1. The maximum atomic E-state index is 12.4. The highest BCUT2D eigenvalue weighted by Crippen LogP contribution is 2.25. The fraction of sp³-hybridized carbons (Fsp3) is 0.222. The molecule has 0 atom stereocenters. The van der Waals surface area contributed by atoms with Gasteiger partial charge in [0, 0.05) is 23.8 Å². The van der Waals surface area contributed by atoms with Crippen molar-refractivity contribution in [1.29, 1.82) is 0 Å². The Balaban J connectivity index is 1.34. The van der Waals surface area contributed by atoms with Gasteiger partial charge in [-0.05, 0) is 63.7 Å². The van der Waals surface area contributed by atoms with E-state index < -0.39 is 0 Å². The largest absolute Gasteiger partial charge is 0.361 e. The molecule has 3 nitrogen and oxygen atoms in total. The van der Waals surface area contributed by atoms with E-state index >= 15 is 0 Å². The Kier molecular flexibility index (Phi) is 5.45. The molecule has 0 radical (unpaired) electrons. The second kappa shape index (κ2) is 8.19. The van der Waals surface area contributed by atoms with E-state index in [2.05, 4.69) is 79.6 Å². The minimum atomic E-state index is 0.0375. The Morgan fingerprint density at radius 2 is 1.57 bits per heavy atom. The molecule has 0 unspecified atom stereocenters. The quantitative estimate of drug-likeness (QED) is 0.387. The van der Waals surface area contributed by atoms with Gasteiger partial charge in [0.25, 0.3) is 0 Å². The van der Waals surface area contributed by atoms with Crippen LogP contribution in [0.4, 0.5) is 5.69 Å². The average molecular weight is 397 g/mol. The van der Waals surface area contributed by atoms with Crippen LogP contribution in [0.2, 0.25) is 0 Å². The van der Waals surface area contributed by atoms with Crippen molar-refractivity contribution in [3.8, 4) is 11.1 Å². The third-order valence-electron chi connectivity index (χ3n) is 5.52. The van der Waals surface area contributed by atoms with Crippen LogP contribution in [0.3, 0.4) is 0 Å². The van der Waals surface area contributed by atoms with Crippen LogP contribution in [0.25, 0.3) is 22.0 Å². The van der Waals surface area contributed by atoms with Crippen LogP contribution >= 0.6 is 0 Å². The number of anilines is 1. The normalized spacial score (nSPS) is 11.6. The fourth-order valence-corrected chi connectivity index (χ4v) is 3.63. The van der Waals surface area contributed by atoms with Crippen LogP contribution in [0.5, 0.6) is 0 Å². The molecule has 2 N–H and O–H groups in total. The van der Waals surface area contributed by atoms with E-state index in [-0.39, 0.29) is 11.3 Å². The molecule has 0 spiro atoms. The van der Waals surface area contributed by atoms with Crippen molar-refractivity contribution in [2.75, 3.05) is 5.32 Å². The van der Waals surface area contributed by atoms with Crippen LogP contribution < -0.4 is 5.32 Å². The molecule has 4 rings (SSSR count). The van der Waals surface area contributed by atoms with Crippen molar-refractivity contribution in [2.24, 2.45) is 0 Å². The van der Waals surface area contributed by atoms with Gasteiger partial charge in [0.2, 0.25) is 5.91 Å². The number of H-pyrrole nitrogens is 1. The van der Waals surface area contributed by atoms with Gasteiger partial charge in [-0.3, -0.25) is 4.79 Å². The lowest BCUT2D eigenvalue weighted by Crippen LogP contribution is -2.13. The Labute approximate surface area is 178 Å². The van der Waals surface area contributed by atoms with Crippen molar-refractivity contribution < 1.29 is 4.79 Å². The van der Waals surface area contributed by atoms with Gasteiger partial charge in [-0.25, -0.2) is 0 Å². The number of benzene rings is 3. The Morgan fingerprint density at radius 1 is 0.867 bits per heavy atom. The Morgan fingerprint density at radius 3 is 2.27 bits per heavy atom. The molecular formula is C27H28N2O. The minimum absolute atomic E-state index is 0.0375. The second-order valence-electron chi connectivity index (χ2n) is 8.85. The summed E-state index contributed by atoms with van der Waals surface area (Å²) in [7, 11) is 0. The molecule has 0 fully saturated rings. The molecule has 30 heavy (non-hydrogen) atoms. The summed E-state index contributed by atoms with van der Waals surface area (Å²) in [6.45, 7) is 6.62. The zero-order valence-corrected chi connectivity index (χ0v) is 17.8. The molecule has 0 saturated heterocycles. The zero-order chi connectivity index (χ0) is 21.1. The molecule has 0 aliphatic heterocycles. The lowest BCUT2D eigenvalue weighted by molar-refractivity contribution is -0.116. The molecule has 3 aromatic carbocycles. The maximum Gasteiger partial charge on any atom is 0.224 e. The van der Waals surface area contributed by atoms with Crippen molar-refractivity contribution in [1.82, 2.24) is 4.98 Å².